The fourth-order valence-corrected chi connectivity index (χ4v) is 1.84. The second kappa shape index (κ2) is 5.79. The molecule has 1 N–H and O–H groups in total. The summed E-state index contributed by atoms with van der Waals surface area (Å²) in [5.74, 6) is -0.181. The summed E-state index contributed by atoms with van der Waals surface area (Å²) in [6.07, 6.45) is 1.58. The zero-order valence-electron chi connectivity index (χ0n) is 11.0. The zero-order chi connectivity index (χ0) is 13.8. The SMILES string of the molecule is CNC(=O)COC1CN(C(=O)c2ccnc(C)c2)C1. The van der Waals surface area contributed by atoms with Gasteiger partial charge in [0.25, 0.3) is 5.91 Å². The molecule has 0 aromatic carbocycles. The van der Waals surface area contributed by atoms with Crippen LogP contribution in [0.15, 0.2) is 18.3 Å². The number of carbonyl (C=O) groups is 2. The number of ether oxygens (including phenoxy) is 1. The van der Waals surface area contributed by atoms with Crippen LogP contribution in [0.1, 0.15) is 16.1 Å². The first-order valence-corrected chi connectivity index (χ1v) is 6.14. The van der Waals surface area contributed by atoms with Crippen molar-refractivity contribution in [2.45, 2.75) is 13.0 Å². The van der Waals surface area contributed by atoms with Crippen LogP contribution in [0, 0.1) is 6.92 Å². The standard InChI is InChI=1S/C13H17N3O3/c1-9-5-10(3-4-15-9)13(18)16-6-11(7-16)19-8-12(17)14-2/h3-5,11H,6-8H2,1-2H3,(H,14,17). The van der Waals surface area contributed by atoms with Crippen LogP contribution in [0.3, 0.4) is 0 Å². The van der Waals surface area contributed by atoms with E-state index in [1.165, 1.54) is 0 Å². The van der Waals surface area contributed by atoms with Crippen LogP contribution in [0.5, 0.6) is 0 Å². The molecule has 0 bridgehead atoms. The minimum Gasteiger partial charge on any atom is -0.365 e. The van der Waals surface area contributed by atoms with Crippen LogP contribution >= 0.6 is 0 Å². The number of rotatable bonds is 4. The van der Waals surface area contributed by atoms with Gasteiger partial charge in [0.15, 0.2) is 0 Å². The molecule has 1 aromatic heterocycles. The van der Waals surface area contributed by atoms with Crippen LogP contribution in [0.25, 0.3) is 0 Å². The Morgan fingerprint density at radius 1 is 1.53 bits per heavy atom. The third-order valence-corrected chi connectivity index (χ3v) is 3.01. The summed E-state index contributed by atoms with van der Waals surface area (Å²) in [4.78, 5) is 28.8. The fourth-order valence-electron chi connectivity index (χ4n) is 1.84. The molecule has 0 atom stereocenters. The lowest BCUT2D eigenvalue weighted by Crippen LogP contribution is -2.55. The summed E-state index contributed by atoms with van der Waals surface area (Å²) in [5, 5.41) is 2.48. The molecular formula is C13H17N3O3. The molecule has 0 unspecified atom stereocenters. The number of pyridine rings is 1. The lowest BCUT2D eigenvalue weighted by atomic mass is 10.1. The Morgan fingerprint density at radius 2 is 2.26 bits per heavy atom. The van der Waals surface area contributed by atoms with E-state index in [1.54, 1.807) is 30.3 Å². The van der Waals surface area contributed by atoms with E-state index in [2.05, 4.69) is 10.3 Å². The lowest BCUT2D eigenvalue weighted by Gasteiger charge is -2.38. The molecule has 6 nitrogen and oxygen atoms in total. The van der Waals surface area contributed by atoms with E-state index in [1.807, 2.05) is 6.92 Å². The molecule has 0 aliphatic carbocycles. The molecule has 102 valence electrons. The monoisotopic (exact) mass is 263 g/mol. The van der Waals surface area contributed by atoms with Gasteiger partial charge in [-0.25, -0.2) is 0 Å². The first kappa shape index (κ1) is 13.5. The minimum atomic E-state index is -0.158. The van der Waals surface area contributed by atoms with Crippen LogP contribution in [0.2, 0.25) is 0 Å². The minimum absolute atomic E-state index is 0.0229. The van der Waals surface area contributed by atoms with Gasteiger partial charge in [0.1, 0.15) is 6.61 Å². The maximum atomic E-state index is 12.1. The highest BCUT2D eigenvalue weighted by Gasteiger charge is 2.32. The van der Waals surface area contributed by atoms with Crippen molar-refractivity contribution in [1.82, 2.24) is 15.2 Å². The molecule has 1 aliphatic heterocycles. The largest absolute Gasteiger partial charge is 0.365 e. The molecule has 1 aromatic rings. The summed E-state index contributed by atoms with van der Waals surface area (Å²) in [6, 6.07) is 3.47. The van der Waals surface area contributed by atoms with Gasteiger partial charge in [0, 0.05) is 37.6 Å². The van der Waals surface area contributed by atoms with Gasteiger partial charge in [-0.3, -0.25) is 14.6 Å². The van der Waals surface area contributed by atoms with Gasteiger partial charge in [-0.2, -0.15) is 0 Å². The Morgan fingerprint density at radius 3 is 2.89 bits per heavy atom. The molecule has 1 fully saturated rings. The van der Waals surface area contributed by atoms with E-state index < -0.39 is 0 Å². The molecule has 1 saturated heterocycles. The quantitative estimate of drug-likeness (QED) is 0.828. The Labute approximate surface area is 111 Å². The second-order valence-electron chi connectivity index (χ2n) is 4.50. The Hall–Kier alpha value is -1.95. The van der Waals surface area contributed by atoms with Gasteiger partial charge in [-0.1, -0.05) is 0 Å². The lowest BCUT2D eigenvalue weighted by molar-refractivity contribution is -0.130. The van der Waals surface area contributed by atoms with Crippen molar-refractivity contribution in [2.75, 3.05) is 26.7 Å². The van der Waals surface area contributed by atoms with Gasteiger partial charge < -0.3 is 15.0 Å². The summed E-state index contributed by atoms with van der Waals surface area (Å²) < 4.78 is 5.35. The maximum Gasteiger partial charge on any atom is 0.254 e. The topological polar surface area (TPSA) is 71.5 Å². The van der Waals surface area contributed by atoms with Crippen LogP contribution in [-0.4, -0.2) is 54.5 Å². The molecule has 19 heavy (non-hydrogen) atoms. The second-order valence-corrected chi connectivity index (χ2v) is 4.50. The smallest absolute Gasteiger partial charge is 0.254 e. The highest BCUT2D eigenvalue weighted by Crippen LogP contribution is 2.16. The van der Waals surface area contributed by atoms with Crippen LogP contribution < -0.4 is 5.32 Å². The first-order chi connectivity index (χ1) is 9.10. The first-order valence-electron chi connectivity index (χ1n) is 6.14. The van der Waals surface area contributed by atoms with Gasteiger partial charge in [0.05, 0.1) is 6.10 Å². The van der Waals surface area contributed by atoms with Crippen LogP contribution in [-0.2, 0) is 9.53 Å². The maximum absolute atomic E-state index is 12.1. The molecule has 2 rings (SSSR count). The number of nitrogens with one attached hydrogen (secondary N) is 1. The number of hydrogen-bond acceptors (Lipinski definition) is 4. The van der Waals surface area contributed by atoms with E-state index >= 15 is 0 Å². The predicted molar refractivity (Wildman–Crippen MR) is 68.7 cm³/mol. The number of aryl methyl sites for hydroxylation is 1. The van der Waals surface area contributed by atoms with Crippen molar-refractivity contribution >= 4 is 11.8 Å². The van der Waals surface area contributed by atoms with Crippen molar-refractivity contribution in [3.05, 3.63) is 29.6 Å². The van der Waals surface area contributed by atoms with E-state index in [-0.39, 0.29) is 24.5 Å². The highest BCUT2D eigenvalue weighted by molar-refractivity contribution is 5.94. The van der Waals surface area contributed by atoms with Crippen molar-refractivity contribution in [3.8, 4) is 0 Å². The molecule has 0 saturated carbocycles. The van der Waals surface area contributed by atoms with Crippen LogP contribution in [0.4, 0.5) is 0 Å². The third-order valence-electron chi connectivity index (χ3n) is 3.01. The summed E-state index contributed by atoms with van der Waals surface area (Å²) in [7, 11) is 1.56. The molecule has 1 aliphatic rings. The van der Waals surface area contributed by atoms with Gasteiger partial charge in [0.2, 0.25) is 5.91 Å². The molecule has 2 amide bonds. The number of aromatic nitrogens is 1. The predicted octanol–water partition coefficient (Wildman–Crippen LogP) is -0.0230. The highest BCUT2D eigenvalue weighted by atomic mass is 16.5. The fraction of sp³-hybridized carbons (Fsp3) is 0.462. The number of amides is 2. The molecule has 2 heterocycles. The number of likely N-dealkylation sites (tertiary alicyclic amines) is 1. The summed E-state index contributed by atoms with van der Waals surface area (Å²) >= 11 is 0. The van der Waals surface area contributed by atoms with Crippen molar-refractivity contribution in [2.24, 2.45) is 0 Å². The summed E-state index contributed by atoms with van der Waals surface area (Å²) in [6.45, 7) is 2.94. The van der Waals surface area contributed by atoms with Gasteiger partial charge in [-0.15, -0.1) is 0 Å². The van der Waals surface area contributed by atoms with Crippen molar-refractivity contribution in [3.63, 3.8) is 0 Å². The summed E-state index contributed by atoms with van der Waals surface area (Å²) in [5.41, 5.74) is 1.45. The molecule has 0 radical (unpaired) electrons. The van der Waals surface area contributed by atoms with E-state index in [0.29, 0.717) is 18.7 Å². The number of carbonyl (C=O) groups excluding carboxylic acids is 2. The molecule has 0 spiro atoms. The number of hydrogen-bond donors (Lipinski definition) is 1. The average molecular weight is 263 g/mol. The number of nitrogens with zero attached hydrogens (tertiary/aromatic N) is 2. The Kier molecular flexibility index (Phi) is 4.11. The molecule has 6 heteroatoms. The van der Waals surface area contributed by atoms with E-state index in [0.717, 1.165) is 5.69 Å². The third kappa shape index (κ3) is 3.29. The zero-order valence-corrected chi connectivity index (χ0v) is 11.0. The van der Waals surface area contributed by atoms with Gasteiger partial charge in [-0.05, 0) is 19.1 Å². The Balaban J connectivity index is 1.80. The van der Waals surface area contributed by atoms with E-state index in [9.17, 15) is 9.59 Å². The van der Waals surface area contributed by atoms with E-state index in [4.69, 9.17) is 4.74 Å². The normalized spacial score (nSPS) is 14.9. The Bertz CT molecular complexity index is 484. The average Bonchev–Trinajstić information content (AvgIpc) is 2.36. The van der Waals surface area contributed by atoms with Crippen molar-refractivity contribution < 1.29 is 14.3 Å². The van der Waals surface area contributed by atoms with Gasteiger partial charge >= 0.3 is 0 Å². The number of likely N-dealkylation sites (N-methyl/N-ethyl adjacent to an activating group) is 1. The molecular weight excluding hydrogens is 246 g/mol. The van der Waals surface area contributed by atoms with Crippen molar-refractivity contribution in [1.29, 1.82) is 0 Å².